The molecule has 0 saturated carbocycles. The molecule has 30 valence electrons. The summed E-state index contributed by atoms with van der Waals surface area (Å²) in [5.41, 5.74) is 5.17. The fraction of sp³-hybridized carbons (Fsp3) is 0.500. The molecule has 0 aromatic heterocycles. The summed E-state index contributed by atoms with van der Waals surface area (Å²) < 4.78 is 0. The van der Waals surface area contributed by atoms with Crippen LogP contribution in [0.2, 0.25) is 0 Å². The van der Waals surface area contributed by atoms with Gasteiger partial charge in [0.05, 0.1) is 0 Å². The summed E-state index contributed by atoms with van der Waals surface area (Å²) in [5.74, 6) is 0. The van der Waals surface area contributed by atoms with Crippen molar-refractivity contribution in [2.75, 3.05) is 0 Å². The van der Waals surface area contributed by atoms with Gasteiger partial charge in [0.2, 0.25) is 0 Å². The van der Waals surface area contributed by atoms with Gasteiger partial charge in [-0.05, 0) is 20.3 Å². The second-order valence-electron chi connectivity index (χ2n) is 1.09. The second-order valence-corrected chi connectivity index (χ2v) is 1.09. The smallest absolute Gasteiger partial charge is 0.00419 e. The maximum Gasteiger partial charge on any atom is 0.00419 e. The molecule has 0 aliphatic rings. The summed E-state index contributed by atoms with van der Waals surface area (Å²) >= 11 is 0. The van der Waals surface area contributed by atoms with Crippen molar-refractivity contribution in [3.8, 4) is 0 Å². The van der Waals surface area contributed by atoms with Crippen LogP contribution in [0.25, 0.3) is 0 Å². The lowest BCUT2D eigenvalue weighted by Crippen LogP contribution is -2.12. The van der Waals surface area contributed by atoms with Crippen molar-refractivity contribution < 1.29 is 0 Å². The second kappa shape index (κ2) is 2.21. The van der Waals surface area contributed by atoms with Crippen LogP contribution in [0.4, 0.5) is 0 Å². The summed E-state index contributed by atoms with van der Waals surface area (Å²) in [7, 11) is 0. The Hall–Kier alpha value is -0.0400. The minimum absolute atomic E-state index is 0.148. The summed E-state index contributed by atoms with van der Waals surface area (Å²) in [4.78, 5) is 0. The van der Waals surface area contributed by atoms with Crippen LogP contribution in [0.15, 0.2) is 0 Å². The SMILES string of the molecule is [CH2][CH]C(C)N. The molecule has 1 atom stereocenters. The van der Waals surface area contributed by atoms with Crippen LogP contribution in [0.5, 0.6) is 0 Å². The Morgan fingerprint density at radius 2 is 2.20 bits per heavy atom. The molecule has 0 heterocycles. The zero-order valence-electron chi connectivity index (χ0n) is 3.44. The Bertz CT molecular complexity index is 17.6. The molecule has 0 fully saturated rings. The van der Waals surface area contributed by atoms with Gasteiger partial charge in [-0.1, -0.05) is 0 Å². The zero-order valence-corrected chi connectivity index (χ0v) is 3.44. The van der Waals surface area contributed by atoms with Gasteiger partial charge < -0.3 is 5.73 Å². The molecule has 2 radical (unpaired) electrons. The minimum Gasteiger partial charge on any atom is -0.328 e. The van der Waals surface area contributed by atoms with E-state index >= 15 is 0 Å². The highest BCUT2D eigenvalue weighted by Gasteiger charge is 1.80. The quantitative estimate of drug-likeness (QED) is 0.475. The standard InChI is InChI=1S/C4H9N/c1-3-4(2)5/h3-4H,1,5H2,2H3. The van der Waals surface area contributed by atoms with E-state index in [0.29, 0.717) is 0 Å². The summed E-state index contributed by atoms with van der Waals surface area (Å²) in [5, 5.41) is 0. The molecular formula is C4H9N. The maximum absolute atomic E-state index is 5.17. The fourth-order valence-corrected chi connectivity index (χ4v) is 0. The van der Waals surface area contributed by atoms with Gasteiger partial charge in [-0.15, -0.1) is 0 Å². The lowest BCUT2D eigenvalue weighted by molar-refractivity contribution is 0.879. The van der Waals surface area contributed by atoms with Crippen molar-refractivity contribution in [2.45, 2.75) is 13.0 Å². The summed E-state index contributed by atoms with van der Waals surface area (Å²) in [6, 6.07) is 0.148. The molecule has 0 saturated heterocycles. The highest BCUT2D eigenvalue weighted by Crippen LogP contribution is 1.74. The van der Waals surface area contributed by atoms with E-state index in [4.69, 9.17) is 5.73 Å². The molecule has 0 amide bonds. The highest BCUT2D eigenvalue weighted by molar-refractivity contribution is 4.76. The van der Waals surface area contributed by atoms with Gasteiger partial charge in [0.15, 0.2) is 0 Å². The fourth-order valence-electron chi connectivity index (χ4n) is 0. The normalized spacial score (nSPS) is 15.0. The van der Waals surface area contributed by atoms with E-state index in [0.717, 1.165) is 0 Å². The molecule has 5 heavy (non-hydrogen) atoms. The van der Waals surface area contributed by atoms with Crippen molar-refractivity contribution in [2.24, 2.45) is 5.73 Å². The van der Waals surface area contributed by atoms with Gasteiger partial charge in [0.25, 0.3) is 0 Å². The van der Waals surface area contributed by atoms with Crippen molar-refractivity contribution in [3.63, 3.8) is 0 Å². The Balaban J connectivity index is 2.54. The number of nitrogens with two attached hydrogens (primary N) is 1. The largest absolute Gasteiger partial charge is 0.328 e. The molecule has 1 nitrogen and oxygen atoms in total. The Morgan fingerprint density at radius 3 is 2.20 bits per heavy atom. The lowest BCUT2D eigenvalue weighted by atomic mass is 10.3. The van der Waals surface area contributed by atoms with E-state index in [-0.39, 0.29) is 6.04 Å². The molecule has 2 N–H and O–H groups in total. The molecule has 1 heteroatoms. The van der Waals surface area contributed by atoms with E-state index in [1.54, 1.807) is 6.42 Å². The van der Waals surface area contributed by atoms with Gasteiger partial charge in [-0.3, -0.25) is 0 Å². The first-order chi connectivity index (χ1) is 2.27. The van der Waals surface area contributed by atoms with Crippen molar-refractivity contribution in [1.29, 1.82) is 0 Å². The van der Waals surface area contributed by atoms with E-state index in [1.807, 2.05) is 6.92 Å². The van der Waals surface area contributed by atoms with E-state index < -0.39 is 0 Å². The lowest BCUT2D eigenvalue weighted by Gasteiger charge is -1.91. The zero-order chi connectivity index (χ0) is 4.28. The average Bonchev–Trinajstić information content (AvgIpc) is 1.38. The number of rotatable bonds is 1. The van der Waals surface area contributed by atoms with Gasteiger partial charge in [-0.25, -0.2) is 0 Å². The first-order valence-corrected chi connectivity index (χ1v) is 1.65. The van der Waals surface area contributed by atoms with E-state index in [1.165, 1.54) is 0 Å². The average molecular weight is 71.1 g/mol. The predicted molar refractivity (Wildman–Crippen MR) is 23.3 cm³/mol. The Morgan fingerprint density at radius 1 is 2.00 bits per heavy atom. The van der Waals surface area contributed by atoms with Crippen LogP contribution < -0.4 is 5.73 Å². The Kier molecular flexibility index (Phi) is 2.19. The van der Waals surface area contributed by atoms with Crippen LogP contribution in [-0.2, 0) is 0 Å². The first kappa shape index (κ1) is 4.96. The first-order valence-electron chi connectivity index (χ1n) is 1.65. The maximum atomic E-state index is 5.17. The molecule has 0 aromatic carbocycles. The van der Waals surface area contributed by atoms with Crippen molar-refractivity contribution >= 4 is 0 Å². The van der Waals surface area contributed by atoms with Crippen LogP contribution in [0.3, 0.4) is 0 Å². The van der Waals surface area contributed by atoms with Gasteiger partial charge in [0.1, 0.15) is 0 Å². The summed E-state index contributed by atoms with van der Waals surface area (Å²) in [6.07, 6.45) is 1.69. The third-order valence-electron chi connectivity index (χ3n) is 0.372. The van der Waals surface area contributed by atoms with Crippen molar-refractivity contribution in [3.05, 3.63) is 13.3 Å². The van der Waals surface area contributed by atoms with Crippen LogP contribution in [-0.4, -0.2) is 6.04 Å². The van der Waals surface area contributed by atoms with Gasteiger partial charge in [-0.2, -0.15) is 0 Å². The number of hydrogen-bond donors (Lipinski definition) is 1. The number of hydrogen-bond acceptors (Lipinski definition) is 1. The monoisotopic (exact) mass is 71.1 g/mol. The van der Waals surface area contributed by atoms with E-state index in [9.17, 15) is 0 Å². The highest BCUT2D eigenvalue weighted by atomic mass is 14.6. The van der Waals surface area contributed by atoms with Crippen LogP contribution in [0, 0.1) is 13.3 Å². The molecule has 0 rings (SSSR count). The van der Waals surface area contributed by atoms with Gasteiger partial charge >= 0.3 is 0 Å². The molecule has 0 spiro atoms. The van der Waals surface area contributed by atoms with Crippen LogP contribution in [0.1, 0.15) is 6.92 Å². The van der Waals surface area contributed by atoms with Gasteiger partial charge in [0, 0.05) is 6.04 Å². The minimum atomic E-state index is 0.148. The molecule has 0 aliphatic carbocycles. The predicted octanol–water partition coefficient (Wildman–Crippen LogP) is 0.372. The molecule has 0 aromatic rings. The Labute approximate surface area is 33.2 Å². The summed E-state index contributed by atoms with van der Waals surface area (Å²) in [6.45, 7) is 5.32. The van der Waals surface area contributed by atoms with Crippen molar-refractivity contribution in [1.82, 2.24) is 0 Å². The molecule has 1 unspecified atom stereocenters. The molecular weight excluding hydrogens is 62.1 g/mol. The third kappa shape index (κ3) is 3.96. The van der Waals surface area contributed by atoms with E-state index in [2.05, 4.69) is 6.92 Å². The topological polar surface area (TPSA) is 26.0 Å². The molecule has 0 bridgehead atoms. The third-order valence-corrected chi connectivity index (χ3v) is 0.372. The van der Waals surface area contributed by atoms with Crippen LogP contribution >= 0.6 is 0 Å². The molecule has 0 aliphatic heterocycles.